The van der Waals surface area contributed by atoms with Gasteiger partial charge in [0.15, 0.2) is 5.76 Å². The summed E-state index contributed by atoms with van der Waals surface area (Å²) < 4.78 is 5.30. The Morgan fingerprint density at radius 2 is 1.96 bits per heavy atom. The monoisotopic (exact) mass is 326 g/mol. The van der Waals surface area contributed by atoms with E-state index in [1.54, 1.807) is 24.3 Å². The van der Waals surface area contributed by atoms with Gasteiger partial charge in [-0.2, -0.15) is 0 Å². The summed E-state index contributed by atoms with van der Waals surface area (Å²) in [5.41, 5.74) is 3.23. The number of hydrogen-bond acceptors (Lipinski definition) is 3. The van der Waals surface area contributed by atoms with Crippen LogP contribution >= 0.6 is 11.6 Å². The first-order valence-corrected chi connectivity index (χ1v) is 7.56. The van der Waals surface area contributed by atoms with Crippen LogP contribution in [0, 0.1) is 6.92 Å². The Bertz CT molecular complexity index is 825. The number of nitrogens with one attached hydrogen (secondary N) is 1. The van der Waals surface area contributed by atoms with Gasteiger partial charge < -0.3 is 9.84 Å². The molecule has 0 aliphatic rings. The second kappa shape index (κ2) is 6.67. The van der Waals surface area contributed by atoms with Gasteiger partial charge in [0.2, 0.25) is 0 Å². The second-order valence-corrected chi connectivity index (χ2v) is 5.68. The van der Waals surface area contributed by atoms with Crippen molar-refractivity contribution < 1.29 is 9.32 Å². The van der Waals surface area contributed by atoms with Crippen LogP contribution in [-0.2, 0) is 6.54 Å². The van der Waals surface area contributed by atoms with Gasteiger partial charge in [-0.15, -0.1) is 0 Å². The molecule has 3 rings (SSSR count). The SMILES string of the molecule is Cc1cccc(C(=O)NCc2cc(-c3ccc(Cl)cc3)on2)c1. The van der Waals surface area contributed by atoms with Crippen LogP contribution < -0.4 is 5.32 Å². The Morgan fingerprint density at radius 3 is 2.70 bits per heavy atom. The molecule has 0 atom stereocenters. The zero-order valence-corrected chi connectivity index (χ0v) is 13.3. The smallest absolute Gasteiger partial charge is 0.251 e. The third-order valence-corrected chi connectivity index (χ3v) is 3.65. The highest BCUT2D eigenvalue weighted by Crippen LogP contribution is 2.22. The molecule has 0 aliphatic heterocycles. The van der Waals surface area contributed by atoms with E-state index < -0.39 is 0 Å². The molecule has 0 bridgehead atoms. The summed E-state index contributed by atoms with van der Waals surface area (Å²) in [6, 6.07) is 16.5. The molecule has 0 fully saturated rings. The summed E-state index contributed by atoms with van der Waals surface area (Å²) >= 11 is 5.86. The molecule has 5 heteroatoms. The Labute approximate surface area is 139 Å². The summed E-state index contributed by atoms with van der Waals surface area (Å²) in [5.74, 6) is 0.506. The first kappa shape index (κ1) is 15.3. The minimum absolute atomic E-state index is 0.134. The van der Waals surface area contributed by atoms with E-state index in [0.29, 0.717) is 28.6 Å². The molecule has 2 aromatic carbocycles. The maximum atomic E-state index is 12.1. The Morgan fingerprint density at radius 1 is 1.17 bits per heavy atom. The Balaban J connectivity index is 1.65. The number of nitrogens with zero attached hydrogens (tertiary/aromatic N) is 1. The lowest BCUT2D eigenvalue weighted by molar-refractivity contribution is 0.0950. The average molecular weight is 327 g/mol. The molecule has 23 heavy (non-hydrogen) atoms. The number of carbonyl (C=O) groups excluding carboxylic acids is 1. The number of aryl methyl sites for hydroxylation is 1. The van der Waals surface area contributed by atoms with Crippen molar-refractivity contribution in [3.63, 3.8) is 0 Å². The van der Waals surface area contributed by atoms with Crippen molar-refractivity contribution in [1.29, 1.82) is 0 Å². The molecule has 0 radical (unpaired) electrons. The van der Waals surface area contributed by atoms with Crippen LogP contribution in [0.5, 0.6) is 0 Å². The predicted octanol–water partition coefficient (Wildman–Crippen LogP) is 4.23. The van der Waals surface area contributed by atoms with Crippen LogP contribution in [0.15, 0.2) is 59.1 Å². The molecule has 0 aliphatic carbocycles. The van der Waals surface area contributed by atoms with E-state index in [0.717, 1.165) is 11.1 Å². The van der Waals surface area contributed by atoms with Gasteiger partial charge in [0.25, 0.3) is 5.91 Å². The molecule has 1 heterocycles. The maximum Gasteiger partial charge on any atom is 0.251 e. The number of halogens is 1. The van der Waals surface area contributed by atoms with Gasteiger partial charge >= 0.3 is 0 Å². The largest absolute Gasteiger partial charge is 0.356 e. The van der Waals surface area contributed by atoms with Gasteiger partial charge in [0, 0.05) is 22.2 Å². The fourth-order valence-electron chi connectivity index (χ4n) is 2.20. The van der Waals surface area contributed by atoms with Crippen molar-refractivity contribution in [1.82, 2.24) is 10.5 Å². The van der Waals surface area contributed by atoms with Crippen LogP contribution in [0.2, 0.25) is 5.02 Å². The first-order chi connectivity index (χ1) is 11.1. The van der Waals surface area contributed by atoms with Gasteiger partial charge in [0.1, 0.15) is 5.69 Å². The molecule has 1 amide bonds. The summed E-state index contributed by atoms with van der Waals surface area (Å²) in [6.45, 7) is 2.26. The quantitative estimate of drug-likeness (QED) is 0.780. The molecule has 4 nitrogen and oxygen atoms in total. The highest BCUT2D eigenvalue weighted by atomic mass is 35.5. The Kier molecular flexibility index (Phi) is 4.44. The predicted molar refractivity (Wildman–Crippen MR) is 89.3 cm³/mol. The average Bonchev–Trinajstić information content (AvgIpc) is 3.02. The third kappa shape index (κ3) is 3.79. The standard InChI is InChI=1S/C18H15ClN2O2/c1-12-3-2-4-14(9-12)18(22)20-11-16-10-17(23-21-16)13-5-7-15(19)8-6-13/h2-10H,11H2,1H3,(H,20,22). The molecule has 116 valence electrons. The van der Waals surface area contributed by atoms with Gasteiger partial charge in [0.05, 0.1) is 6.54 Å². The number of aromatic nitrogens is 1. The van der Waals surface area contributed by atoms with E-state index in [1.807, 2.05) is 37.3 Å². The van der Waals surface area contributed by atoms with Gasteiger partial charge in [-0.3, -0.25) is 4.79 Å². The number of benzene rings is 2. The molecule has 0 saturated carbocycles. The molecular weight excluding hydrogens is 312 g/mol. The fourth-order valence-corrected chi connectivity index (χ4v) is 2.33. The topological polar surface area (TPSA) is 55.1 Å². The molecule has 3 aromatic rings. The van der Waals surface area contributed by atoms with Crippen LogP contribution in [-0.4, -0.2) is 11.1 Å². The maximum absolute atomic E-state index is 12.1. The molecule has 0 saturated heterocycles. The molecule has 1 N–H and O–H groups in total. The minimum Gasteiger partial charge on any atom is -0.356 e. The van der Waals surface area contributed by atoms with Crippen LogP contribution in [0.4, 0.5) is 0 Å². The number of carbonyl (C=O) groups is 1. The number of rotatable bonds is 4. The highest BCUT2D eigenvalue weighted by Gasteiger charge is 2.09. The van der Waals surface area contributed by atoms with Gasteiger partial charge in [-0.05, 0) is 43.3 Å². The first-order valence-electron chi connectivity index (χ1n) is 7.18. The number of amides is 1. The summed E-state index contributed by atoms with van der Waals surface area (Å²) in [4.78, 5) is 12.1. The van der Waals surface area contributed by atoms with Crippen molar-refractivity contribution in [3.05, 3.63) is 76.4 Å². The van der Waals surface area contributed by atoms with E-state index >= 15 is 0 Å². The Hall–Kier alpha value is -2.59. The van der Waals surface area contributed by atoms with E-state index in [2.05, 4.69) is 10.5 Å². The van der Waals surface area contributed by atoms with E-state index in [9.17, 15) is 4.79 Å². The van der Waals surface area contributed by atoms with Crippen molar-refractivity contribution in [3.8, 4) is 11.3 Å². The van der Waals surface area contributed by atoms with Crippen LogP contribution in [0.25, 0.3) is 11.3 Å². The van der Waals surface area contributed by atoms with Crippen molar-refractivity contribution >= 4 is 17.5 Å². The molecular formula is C18H15ClN2O2. The van der Waals surface area contributed by atoms with Crippen LogP contribution in [0.3, 0.4) is 0 Å². The highest BCUT2D eigenvalue weighted by molar-refractivity contribution is 6.30. The van der Waals surface area contributed by atoms with Crippen molar-refractivity contribution in [2.45, 2.75) is 13.5 Å². The summed E-state index contributed by atoms with van der Waals surface area (Å²) in [6.07, 6.45) is 0. The summed E-state index contributed by atoms with van der Waals surface area (Å²) in [5, 5.41) is 7.47. The lowest BCUT2D eigenvalue weighted by atomic mass is 10.1. The normalized spacial score (nSPS) is 10.5. The third-order valence-electron chi connectivity index (χ3n) is 3.40. The summed E-state index contributed by atoms with van der Waals surface area (Å²) in [7, 11) is 0. The number of hydrogen-bond donors (Lipinski definition) is 1. The molecule has 0 spiro atoms. The second-order valence-electron chi connectivity index (χ2n) is 5.24. The van der Waals surface area contributed by atoms with E-state index in [4.69, 9.17) is 16.1 Å². The van der Waals surface area contributed by atoms with Crippen molar-refractivity contribution in [2.24, 2.45) is 0 Å². The minimum atomic E-state index is -0.134. The molecule has 0 unspecified atom stereocenters. The lowest BCUT2D eigenvalue weighted by Gasteiger charge is -2.03. The zero-order valence-electron chi connectivity index (χ0n) is 12.5. The van der Waals surface area contributed by atoms with Crippen LogP contribution in [0.1, 0.15) is 21.6 Å². The van der Waals surface area contributed by atoms with Gasteiger partial charge in [-0.1, -0.05) is 34.5 Å². The zero-order chi connectivity index (χ0) is 16.2. The molecule has 1 aromatic heterocycles. The lowest BCUT2D eigenvalue weighted by Crippen LogP contribution is -2.22. The van der Waals surface area contributed by atoms with E-state index in [1.165, 1.54) is 0 Å². The van der Waals surface area contributed by atoms with Gasteiger partial charge in [-0.25, -0.2) is 0 Å². The fraction of sp³-hybridized carbons (Fsp3) is 0.111. The van der Waals surface area contributed by atoms with E-state index in [-0.39, 0.29) is 5.91 Å². The van der Waals surface area contributed by atoms with Crippen molar-refractivity contribution in [2.75, 3.05) is 0 Å².